The number of benzene rings is 1. The Kier molecular flexibility index (Phi) is 4.09. The molecule has 0 unspecified atom stereocenters. The third kappa shape index (κ3) is 3.41. The number of nitrogens with zero attached hydrogens (tertiary/aromatic N) is 4. The first kappa shape index (κ1) is 13.7. The molecule has 1 aromatic carbocycles. The van der Waals surface area contributed by atoms with Crippen LogP contribution in [0.1, 0.15) is 16.1 Å². The van der Waals surface area contributed by atoms with E-state index in [0.29, 0.717) is 5.69 Å². The van der Waals surface area contributed by atoms with Crippen molar-refractivity contribution in [3.05, 3.63) is 41.9 Å². The van der Waals surface area contributed by atoms with Gasteiger partial charge in [-0.3, -0.25) is 9.80 Å². The Morgan fingerprint density at radius 1 is 1.30 bits per heavy atom. The van der Waals surface area contributed by atoms with E-state index < -0.39 is 0 Å². The van der Waals surface area contributed by atoms with Gasteiger partial charge in [0, 0.05) is 19.8 Å². The fourth-order valence-electron chi connectivity index (χ4n) is 1.49. The number of H-pyrrole nitrogens is 1. The molecule has 2 aromatic rings. The SMILES string of the molecule is Cc1ccc(NC(=O)c2[nH]cnc2/N=N/N(C)C)cc1. The standard InChI is InChI=1S/C13H16N6O/c1-9-4-6-10(7-5-9)16-13(20)11-12(15-8-14-11)17-18-19(2)3/h4-8H,1-3H3,(H,14,15)(H,16,20)/b18-17+. The first-order chi connectivity index (χ1) is 9.56. The van der Waals surface area contributed by atoms with Crippen molar-refractivity contribution in [2.45, 2.75) is 6.92 Å². The number of imidazole rings is 1. The van der Waals surface area contributed by atoms with Gasteiger partial charge in [-0.2, -0.15) is 0 Å². The minimum absolute atomic E-state index is 0.253. The van der Waals surface area contributed by atoms with Gasteiger partial charge in [0.2, 0.25) is 5.82 Å². The summed E-state index contributed by atoms with van der Waals surface area (Å²) < 4.78 is 0. The Morgan fingerprint density at radius 3 is 2.65 bits per heavy atom. The van der Waals surface area contributed by atoms with Crippen molar-refractivity contribution >= 4 is 17.4 Å². The molecule has 0 saturated heterocycles. The zero-order valence-corrected chi connectivity index (χ0v) is 11.6. The summed E-state index contributed by atoms with van der Waals surface area (Å²) in [5, 5.41) is 12.0. The zero-order valence-electron chi connectivity index (χ0n) is 11.6. The molecule has 7 nitrogen and oxygen atoms in total. The molecule has 2 rings (SSSR count). The van der Waals surface area contributed by atoms with Crippen LogP contribution in [0.2, 0.25) is 0 Å². The lowest BCUT2D eigenvalue weighted by atomic mass is 10.2. The molecule has 0 bridgehead atoms. The zero-order chi connectivity index (χ0) is 14.5. The van der Waals surface area contributed by atoms with Gasteiger partial charge in [-0.05, 0) is 19.1 Å². The van der Waals surface area contributed by atoms with Crippen LogP contribution < -0.4 is 5.32 Å². The van der Waals surface area contributed by atoms with Gasteiger partial charge >= 0.3 is 0 Å². The molecular formula is C13H16N6O. The summed E-state index contributed by atoms with van der Waals surface area (Å²) in [4.78, 5) is 18.9. The van der Waals surface area contributed by atoms with Gasteiger partial charge in [-0.1, -0.05) is 22.9 Å². The number of hydrogen-bond acceptors (Lipinski definition) is 4. The number of rotatable bonds is 4. The van der Waals surface area contributed by atoms with Crippen LogP contribution in [0, 0.1) is 6.92 Å². The number of aryl methyl sites for hydroxylation is 1. The van der Waals surface area contributed by atoms with Crippen molar-refractivity contribution in [3.8, 4) is 0 Å². The molecule has 20 heavy (non-hydrogen) atoms. The summed E-state index contributed by atoms with van der Waals surface area (Å²) in [7, 11) is 3.48. The second-order valence-electron chi connectivity index (χ2n) is 4.46. The molecule has 0 aliphatic rings. The molecule has 0 atom stereocenters. The van der Waals surface area contributed by atoms with Crippen LogP contribution in [-0.4, -0.2) is 35.0 Å². The van der Waals surface area contributed by atoms with E-state index >= 15 is 0 Å². The molecule has 1 amide bonds. The van der Waals surface area contributed by atoms with Crippen molar-refractivity contribution < 1.29 is 4.79 Å². The van der Waals surface area contributed by atoms with Gasteiger partial charge in [0.1, 0.15) is 0 Å². The molecule has 0 spiro atoms. The van der Waals surface area contributed by atoms with E-state index in [1.165, 1.54) is 11.3 Å². The molecule has 0 aliphatic carbocycles. The number of amides is 1. The molecule has 7 heteroatoms. The summed E-state index contributed by atoms with van der Waals surface area (Å²) >= 11 is 0. The number of aromatic amines is 1. The van der Waals surface area contributed by atoms with Crippen LogP contribution in [-0.2, 0) is 0 Å². The predicted octanol–water partition coefficient (Wildman–Crippen LogP) is 2.53. The van der Waals surface area contributed by atoms with E-state index in [9.17, 15) is 4.79 Å². The van der Waals surface area contributed by atoms with Crippen LogP contribution in [0.25, 0.3) is 0 Å². The smallest absolute Gasteiger partial charge is 0.276 e. The highest BCUT2D eigenvalue weighted by Crippen LogP contribution is 2.17. The third-order valence-corrected chi connectivity index (χ3v) is 2.47. The van der Waals surface area contributed by atoms with Crippen molar-refractivity contribution in [2.24, 2.45) is 10.3 Å². The topological polar surface area (TPSA) is 85.7 Å². The number of carbonyl (C=O) groups is 1. The largest absolute Gasteiger partial charge is 0.339 e. The van der Waals surface area contributed by atoms with E-state index in [1.54, 1.807) is 14.1 Å². The van der Waals surface area contributed by atoms with E-state index in [4.69, 9.17) is 0 Å². The van der Waals surface area contributed by atoms with Gasteiger partial charge in [0.05, 0.1) is 6.33 Å². The normalized spacial score (nSPS) is 10.8. The summed E-state index contributed by atoms with van der Waals surface area (Å²) in [6.45, 7) is 1.99. The van der Waals surface area contributed by atoms with Gasteiger partial charge < -0.3 is 10.3 Å². The van der Waals surface area contributed by atoms with Crippen LogP contribution in [0.5, 0.6) is 0 Å². The lowest BCUT2D eigenvalue weighted by Gasteiger charge is -2.04. The molecular weight excluding hydrogens is 256 g/mol. The minimum atomic E-state index is -0.306. The summed E-state index contributed by atoms with van der Waals surface area (Å²) in [6.07, 6.45) is 1.41. The third-order valence-electron chi connectivity index (χ3n) is 2.47. The summed E-state index contributed by atoms with van der Waals surface area (Å²) in [6, 6.07) is 7.53. The second-order valence-corrected chi connectivity index (χ2v) is 4.46. The lowest BCUT2D eigenvalue weighted by Crippen LogP contribution is -2.12. The molecule has 2 N–H and O–H groups in total. The van der Waals surface area contributed by atoms with Gasteiger partial charge in [-0.25, -0.2) is 4.98 Å². The van der Waals surface area contributed by atoms with E-state index in [1.807, 2.05) is 31.2 Å². The molecule has 0 saturated carbocycles. The molecule has 104 valence electrons. The molecule has 1 aromatic heterocycles. The Morgan fingerprint density at radius 2 is 2.00 bits per heavy atom. The highest BCUT2D eigenvalue weighted by Gasteiger charge is 2.14. The van der Waals surface area contributed by atoms with Crippen LogP contribution in [0.4, 0.5) is 11.5 Å². The Bertz CT molecular complexity index is 614. The average molecular weight is 272 g/mol. The second kappa shape index (κ2) is 5.96. The van der Waals surface area contributed by atoms with Crippen LogP contribution in [0.15, 0.2) is 40.9 Å². The average Bonchev–Trinajstić information content (AvgIpc) is 2.87. The minimum Gasteiger partial charge on any atom is -0.339 e. The summed E-state index contributed by atoms with van der Waals surface area (Å²) in [5.41, 5.74) is 2.12. The highest BCUT2D eigenvalue weighted by molar-refractivity contribution is 6.05. The highest BCUT2D eigenvalue weighted by atomic mass is 16.1. The summed E-state index contributed by atoms with van der Waals surface area (Å²) in [5.74, 6) is -0.0534. The Balaban J connectivity index is 2.13. The Labute approximate surface area is 116 Å². The van der Waals surface area contributed by atoms with Crippen LogP contribution in [0.3, 0.4) is 0 Å². The number of carbonyl (C=O) groups excluding carboxylic acids is 1. The maximum absolute atomic E-state index is 12.1. The van der Waals surface area contributed by atoms with Crippen molar-refractivity contribution in [1.82, 2.24) is 15.0 Å². The fourth-order valence-corrected chi connectivity index (χ4v) is 1.49. The Hall–Kier alpha value is -2.70. The van der Waals surface area contributed by atoms with Gasteiger partial charge in [-0.15, -0.1) is 5.11 Å². The fraction of sp³-hybridized carbons (Fsp3) is 0.231. The number of aromatic nitrogens is 2. The maximum Gasteiger partial charge on any atom is 0.276 e. The quantitative estimate of drug-likeness (QED) is 0.662. The number of hydrogen-bond donors (Lipinski definition) is 2. The number of nitrogens with one attached hydrogen (secondary N) is 2. The molecule has 0 radical (unpaired) electrons. The first-order valence-electron chi connectivity index (χ1n) is 6.06. The van der Waals surface area contributed by atoms with Crippen molar-refractivity contribution in [2.75, 3.05) is 19.4 Å². The van der Waals surface area contributed by atoms with Crippen molar-refractivity contribution in [3.63, 3.8) is 0 Å². The van der Waals surface area contributed by atoms with Crippen molar-refractivity contribution in [1.29, 1.82) is 0 Å². The van der Waals surface area contributed by atoms with Gasteiger partial charge in [0.15, 0.2) is 5.69 Å². The molecule has 0 aliphatic heterocycles. The molecule has 0 fully saturated rings. The maximum atomic E-state index is 12.1. The van der Waals surface area contributed by atoms with Crippen LogP contribution >= 0.6 is 0 Å². The monoisotopic (exact) mass is 272 g/mol. The first-order valence-corrected chi connectivity index (χ1v) is 6.06. The lowest BCUT2D eigenvalue weighted by molar-refractivity contribution is 0.102. The van der Waals surface area contributed by atoms with E-state index in [2.05, 4.69) is 25.6 Å². The van der Waals surface area contributed by atoms with E-state index in [0.717, 1.165) is 5.56 Å². The van der Waals surface area contributed by atoms with E-state index in [-0.39, 0.29) is 17.4 Å². The predicted molar refractivity (Wildman–Crippen MR) is 75.9 cm³/mol. The number of anilines is 1. The van der Waals surface area contributed by atoms with Gasteiger partial charge in [0.25, 0.3) is 5.91 Å². The molecule has 1 heterocycles.